The molecule has 2 rings (SSSR count). The number of pyridine rings is 1. The van der Waals surface area contributed by atoms with Crippen LogP contribution >= 0.6 is 0 Å². The van der Waals surface area contributed by atoms with Gasteiger partial charge < -0.3 is 10.4 Å². The fourth-order valence-electron chi connectivity index (χ4n) is 1.33. The van der Waals surface area contributed by atoms with Crippen molar-refractivity contribution in [1.82, 2.24) is 4.98 Å². The lowest BCUT2D eigenvalue weighted by Gasteiger charge is -2.05. The van der Waals surface area contributed by atoms with Gasteiger partial charge in [0.2, 0.25) is 5.95 Å². The van der Waals surface area contributed by atoms with Crippen LogP contribution in [0.5, 0.6) is 5.75 Å². The quantitative estimate of drug-likeness (QED) is 0.780. The summed E-state index contributed by atoms with van der Waals surface area (Å²) >= 11 is 0. The second kappa shape index (κ2) is 4.61. The molecule has 2 N–H and O–H groups in total. The SMILES string of the molecule is O=C(Nc1cccc(O)c1)c1ccnc(F)c1. The van der Waals surface area contributed by atoms with Crippen LogP contribution in [0.25, 0.3) is 0 Å². The van der Waals surface area contributed by atoms with Crippen molar-refractivity contribution in [3.63, 3.8) is 0 Å². The van der Waals surface area contributed by atoms with Gasteiger partial charge in [0.1, 0.15) is 5.75 Å². The predicted molar refractivity (Wildman–Crippen MR) is 60.3 cm³/mol. The lowest BCUT2D eigenvalue weighted by Crippen LogP contribution is -2.12. The first-order chi connectivity index (χ1) is 8.15. The lowest BCUT2D eigenvalue weighted by molar-refractivity contribution is 0.102. The largest absolute Gasteiger partial charge is 0.508 e. The number of amides is 1. The average molecular weight is 232 g/mol. The molecule has 0 aliphatic heterocycles. The summed E-state index contributed by atoms with van der Waals surface area (Å²) in [6.45, 7) is 0. The van der Waals surface area contributed by atoms with Crippen molar-refractivity contribution in [3.8, 4) is 5.75 Å². The first-order valence-electron chi connectivity index (χ1n) is 4.87. The zero-order chi connectivity index (χ0) is 12.3. The number of nitrogens with one attached hydrogen (secondary N) is 1. The second-order valence-electron chi connectivity index (χ2n) is 3.37. The van der Waals surface area contributed by atoms with Crippen molar-refractivity contribution < 1.29 is 14.3 Å². The number of rotatable bonds is 2. The van der Waals surface area contributed by atoms with Crippen LogP contribution in [-0.4, -0.2) is 16.0 Å². The molecule has 5 heteroatoms. The van der Waals surface area contributed by atoms with Crippen molar-refractivity contribution in [3.05, 3.63) is 54.1 Å². The summed E-state index contributed by atoms with van der Waals surface area (Å²) in [6, 6.07) is 8.55. The Morgan fingerprint density at radius 1 is 1.29 bits per heavy atom. The maximum Gasteiger partial charge on any atom is 0.255 e. The molecule has 0 fully saturated rings. The molecule has 86 valence electrons. The standard InChI is InChI=1S/C12H9FN2O2/c13-11-6-8(4-5-14-11)12(17)15-9-2-1-3-10(16)7-9/h1-7,16H,(H,15,17). The highest BCUT2D eigenvalue weighted by atomic mass is 19.1. The van der Waals surface area contributed by atoms with Crippen LogP contribution in [0.15, 0.2) is 42.6 Å². The van der Waals surface area contributed by atoms with Gasteiger partial charge in [-0.1, -0.05) is 6.07 Å². The minimum Gasteiger partial charge on any atom is -0.508 e. The zero-order valence-corrected chi connectivity index (χ0v) is 8.72. The summed E-state index contributed by atoms with van der Waals surface area (Å²) in [5.41, 5.74) is 0.605. The minimum absolute atomic E-state index is 0.0451. The van der Waals surface area contributed by atoms with Gasteiger partial charge >= 0.3 is 0 Å². The van der Waals surface area contributed by atoms with Crippen LogP contribution in [-0.2, 0) is 0 Å². The van der Waals surface area contributed by atoms with E-state index in [0.29, 0.717) is 5.69 Å². The van der Waals surface area contributed by atoms with Gasteiger partial charge in [0.25, 0.3) is 5.91 Å². The number of hydrogen-bond acceptors (Lipinski definition) is 3. The minimum atomic E-state index is -0.714. The van der Waals surface area contributed by atoms with E-state index in [0.717, 1.165) is 6.07 Å². The Morgan fingerprint density at radius 3 is 2.82 bits per heavy atom. The van der Waals surface area contributed by atoms with Gasteiger partial charge in [0.05, 0.1) is 0 Å². The molecule has 0 radical (unpaired) electrons. The molecule has 2 aromatic rings. The Balaban J connectivity index is 2.17. The van der Waals surface area contributed by atoms with Gasteiger partial charge in [-0.15, -0.1) is 0 Å². The monoisotopic (exact) mass is 232 g/mol. The summed E-state index contributed by atoms with van der Waals surface area (Å²) < 4.78 is 12.8. The van der Waals surface area contributed by atoms with Gasteiger partial charge in [0, 0.05) is 29.6 Å². The summed E-state index contributed by atoms with van der Waals surface area (Å²) in [4.78, 5) is 15.0. The van der Waals surface area contributed by atoms with Crippen molar-refractivity contribution in [2.24, 2.45) is 0 Å². The molecular weight excluding hydrogens is 223 g/mol. The van der Waals surface area contributed by atoms with Crippen LogP contribution in [0.1, 0.15) is 10.4 Å². The van der Waals surface area contributed by atoms with E-state index in [9.17, 15) is 14.3 Å². The third kappa shape index (κ3) is 2.78. The van der Waals surface area contributed by atoms with Gasteiger partial charge in [-0.05, 0) is 18.2 Å². The molecule has 0 saturated carbocycles. The van der Waals surface area contributed by atoms with Crippen molar-refractivity contribution >= 4 is 11.6 Å². The number of nitrogens with zero attached hydrogens (tertiary/aromatic N) is 1. The fourth-order valence-corrected chi connectivity index (χ4v) is 1.33. The molecule has 0 aliphatic carbocycles. The number of aromatic hydroxyl groups is 1. The van der Waals surface area contributed by atoms with Crippen molar-refractivity contribution in [2.45, 2.75) is 0 Å². The molecule has 0 aliphatic rings. The van der Waals surface area contributed by atoms with E-state index in [2.05, 4.69) is 10.3 Å². The Labute approximate surface area is 96.7 Å². The highest BCUT2D eigenvalue weighted by Gasteiger charge is 2.07. The number of carbonyl (C=O) groups is 1. The molecule has 0 bridgehead atoms. The number of phenols is 1. The number of phenolic OH excluding ortho intramolecular Hbond substituents is 1. The van der Waals surface area contributed by atoms with E-state index < -0.39 is 11.9 Å². The number of carbonyl (C=O) groups excluding carboxylic acids is 1. The molecule has 17 heavy (non-hydrogen) atoms. The number of benzene rings is 1. The molecule has 0 atom stereocenters. The van der Waals surface area contributed by atoms with E-state index in [-0.39, 0.29) is 11.3 Å². The van der Waals surface area contributed by atoms with E-state index in [1.165, 1.54) is 24.4 Å². The normalized spacial score (nSPS) is 9.94. The van der Waals surface area contributed by atoms with Crippen LogP contribution in [0.4, 0.5) is 10.1 Å². The first-order valence-corrected chi connectivity index (χ1v) is 4.87. The van der Waals surface area contributed by atoms with E-state index >= 15 is 0 Å². The summed E-state index contributed by atoms with van der Waals surface area (Å²) in [6.07, 6.45) is 1.21. The number of anilines is 1. The Morgan fingerprint density at radius 2 is 2.12 bits per heavy atom. The van der Waals surface area contributed by atoms with Crippen molar-refractivity contribution in [1.29, 1.82) is 0 Å². The maximum atomic E-state index is 12.8. The summed E-state index contributed by atoms with van der Waals surface area (Å²) in [5.74, 6) is -1.13. The third-order valence-corrected chi connectivity index (χ3v) is 2.09. The molecular formula is C12H9FN2O2. The fraction of sp³-hybridized carbons (Fsp3) is 0. The molecule has 1 aromatic carbocycles. The first kappa shape index (κ1) is 11.1. The Hall–Kier alpha value is -2.43. The molecule has 1 heterocycles. The number of aromatic nitrogens is 1. The third-order valence-electron chi connectivity index (χ3n) is 2.09. The van der Waals surface area contributed by atoms with E-state index in [1.54, 1.807) is 12.1 Å². The molecule has 0 spiro atoms. The van der Waals surface area contributed by atoms with Gasteiger partial charge in [-0.3, -0.25) is 4.79 Å². The van der Waals surface area contributed by atoms with E-state index in [1.807, 2.05) is 0 Å². The van der Waals surface area contributed by atoms with Crippen LogP contribution in [0.3, 0.4) is 0 Å². The van der Waals surface area contributed by atoms with Crippen LogP contribution < -0.4 is 5.32 Å². The molecule has 4 nitrogen and oxygen atoms in total. The lowest BCUT2D eigenvalue weighted by atomic mass is 10.2. The molecule has 1 aromatic heterocycles. The highest BCUT2D eigenvalue weighted by Crippen LogP contribution is 2.16. The summed E-state index contributed by atoms with van der Waals surface area (Å²) in [7, 11) is 0. The van der Waals surface area contributed by atoms with Gasteiger partial charge in [0.15, 0.2) is 0 Å². The smallest absolute Gasteiger partial charge is 0.255 e. The molecule has 0 saturated heterocycles. The second-order valence-corrected chi connectivity index (χ2v) is 3.37. The maximum absolute atomic E-state index is 12.8. The van der Waals surface area contributed by atoms with Crippen LogP contribution in [0.2, 0.25) is 0 Å². The molecule has 0 unspecified atom stereocenters. The average Bonchev–Trinajstić information content (AvgIpc) is 2.29. The molecule has 1 amide bonds. The van der Waals surface area contributed by atoms with E-state index in [4.69, 9.17) is 0 Å². The summed E-state index contributed by atoms with van der Waals surface area (Å²) in [5, 5.41) is 11.8. The Bertz CT molecular complexity index is 558. The highest BCUT2D eigenvalue weighted by molar-refractivity contribution is 6.04. The van der Waals surface area contributed by atoms with Crippen LogP contribution in [0, 0.1) is 5.95 Å². The van der Waals surface area contributed by atoms with Gasteiger partial charge in [-0.25, -0.2) is 4.98 Å². The zero-order valence-electron chi connectivity index (χ0n) is 8.72. The number of hydrogen-bond donors (Lipinski definition) is 2. The van der Waals surface area contributed by atoms with Crippen molar-refractivity contribution in [2.75, 3.05) is 5.32 Å². The predicted octanol–water partition coefficient (Wildman–Crippen LogP) is 2.18. The topological polar surface area (TPSA) is 62.2 Å². The Kier molecular flexibility index (Phi) is 3.00. The number of halogens is 1. The van der Waals surface area contributed by atoms with Gasteiger partial charge in [-0.2, -0.15) is 4.39 Å².